The molecule has 0 aliphatic carbocycles. The molecule has 0 spiro atoms. The van der Waals surface area contributed by atoms with Gasteiger partial charge in [-0.05, 0) is 13.0 Å². The van der Waals surface area contributed by atoms with Crippen molar-refractivity contribution in [1.82, 2.24) is 20.4 Å². The molecule has 0 fully saturated rings. The van der Waals surface area contributed by atoms with Crippen molar-refractivity contribution < 1.29 is 0 Å². The van der Waals surface area contributed by atoms with Crippen molar-refractivity contribution in [2.24, 2.45) is 0 Å². The number of hydrogen-bond acceptors (Lipinski definition) is 3. The van der Waals surface area contributed by atoms with Crippen molar-refractivity contribution in [3.8, 4) is 11.3 Å². The first-order valence-corrected chi connectivity index (χ1v) is 5.00. The molecule has 3 aromatic rings. The van der Waals surface area contributed by atoms with Gasteiger partial charge in [-0.25, -0.2) is 0 Å². The molecule has 2 aromatic heterocycles. The van der Waals surface area contributed by atoms with E-state index in [-0.39, 0.29) is 0 Å². The summed E-state index contributed by atoms with van der Waals surface area (Å²) in [7, 11) is 0. The number of nitrogens with two attached hydrogens (primary N) is 1. The van der Waals surface area contributed by atoms with Crippen LogP contribution in [0.5, 0.6) is 0 Å². The molecule has 0 saturated carbocycles. The maximum absolute atomic E-state index is 5.61. The monoisotopic (exact) mass is 213 g/mol. The fourth-order valence-electron chi connectivity index (χ4n) is 1.93. The number of aryl methyl sites for hydroxylation is 1. The van der Waals surface area contributed by atoms with Gasteiger partial charge in [0, 0.05) is 22.7 Å². The van der Waals surface area contributed by atoms with Crippen LogP contribution in [0, 0.1) is 6.92 Å². The van der Waals surface area contributed by atoms with E-state index in [1.165, 1.54) is 0 Å². The van der Waals surface area contributed by atoms with Crippen molar-refractivity contribution in [1.29, 1.82) is 0 Å². The second-order valence-corrected chi connectivity index (χ2v) is 3.75. The van der Waals surface area contributed by atoms with Crippen LogP contribution in [0.3, 0.4) is 0 Å². The average molecular weight is 213 g/mol. The summed E-state index contributed by atoms with van der Waals surface area (Å²) in [6.07, 6.45) is 0. The molecule has 0 radical (unpaired) electrons. The van der Waals surface area contributed by atoms with E-state index in [4.69, 9.17) is 5.73 Å². The molecule has 0 atom stereocenters. The summed E-state index contributed by atoms with van der Waals surface area (Å²) in [5.74, 6) is 0.494. The molecule has 80 valence electrons. The van der Waals surface area contributed by atoms with Crippen LogP contribution < -0.4 is 5.73 Å². The van der Waals surface area contributed by atoms with Gasteiger partial charge in [0.15, 0.2) is 0 Å². The van der Waals surface area contributed by atoms with E-state index >= 15 is 0 Å². The molecule has 0 saturated heterocycles. The van der Waals surface area contributed by atoms with Gasteiger partial charge in [-0.3, -0.25) is 10.2 Å². The van der Waals surface area contributed by atoms with Crippen molar-refractivity contribution in [3.63, 3.8) is 0 Å². The normalized spacial score (nSPS) is 11.1. The van der Waals surface area contributed by atoms with E-state index in [2.05, 4.69) is 20.4 Å². The highest BCUT2D eigenvalue weighted by atomic mass is 15.2. The summed E-state index contributed by atoms with van der Waals surface area (Å²) in [4.78, 5) is 0. The van der Waals surface area contributed by atoms with Gasteiger partial charge < -0.3 is 5.73 Å². The number of fused-ring (bicyclic) bond motifs is 1. The topological polar surface area (TPSA) is 83.4 Å². The van der Waals surface area contributed by atoms with Crippen molar-refractivity contribution in [2.75, 3.05) is 5.73 Å². The Bertz CT molecular complexity index is 649. The minimum Gasteiger partial charge on any atom is -0.382 e. The van der Waals surface area contributed by atoms with E-state index in [1.54, 1.807) is 0 Å². The van der Waals surface area contributed by atoms with Crippen LogP contribution in [-0.2, 0) is 0 Å². The first-order chi connectivity index (χ1) is 7.75. The highest BCUT2D eigenvalue weighted by Gasteiger charge is 2.10. The molecule has 1 aromatic carbocycles. The van der Waals surface area contributed by atoms with Crippen molar-refractivity contribution in [3.05, 3.63) is 30.0 Å². The SMILES string of the molecule is Cc1[nH]nc2cccc(-c3cc(N)n[nH]3)c12. The molecule has 16 heavy (non-hydrogen) atoms. The van der Waals surface area contributed by atoms with Gasteiger partial charge in [0.2, 0.25) is 0 Å². The standard InChI is InChI=1S/C11H11N5/c1-6-11-7(9-5-10(12)16-15-9)3-2-4-8(11)14-13-6/h2-5H,1H3,(H,13,14)(H3,12,15,16). The lowest BCUT2D eigenvalue weighted by Crippen LogP contribution is -1.81. The Morgan fingerprint density at radius 3 is 2.81 bits per heavy atom. The molecule has 0 amide bonds. The molecule has 0 aliphatic rings. The zero-order chi connectivity index (χ0) is 11.1. The summed E-state index contributed by atoms with van der Waals surface area (Å²) in [5.41, 5.74) is 9.57. The van der Waals surface area contributed by atoms with Crippen LogP contribution in [0.25, 0.3) is 22.2 Å². The lowest BCUT2D eigenvalue weighted by molar-refractivity contribution is 1.07. The molecular weight excluding hydrogens is 202 g/mol. The predicted molar refractivity (Wildman–Crippen MR) is 62.8 cm³/mol. The van der Waals surface area contributed by atoms with Gasteiger partial charge in [-0.15, -0.1) is 0 Å². The van der Waals surface area contributed by atoms with Crippen molar-refractivity contribution >= 4 is 16.7 Å². The minimum absolute atomic E-state index is 0.494. The van der Waals surface area contributed by atoms with E-state index in [0.29, 0.717) is 5.82 Å². The molecule has 5 nitrogen and oxygen atoms in total. The van der Waals surface area contributed by atoms with Crippen LogP contribution in [0.4, 0.5) is 5.82 Å². The maximum Gasteiger partial charge on any atom is 0.145 e. The average Bonchev–Trinajstić information content (AvgIpc) is 2.86. The number of aromatic amines is 2. The number of benzene rings is 1. The lowest BCUT2D eigenvalue weighted by atomic mass is 10.1. The predicted octanol–water partition coefficient (Wildman–Crippen LogP) is 1.84. The second kappa shape index (κ2) is 3.10. The van der Waals surface area contributed by atoms with Crippen LogP contribution in [0.2, 0.25) is 0 Å². The number of anilines is 1. The maximum atomic E-state index is 5.61. The Balaban J connectivity index is 2.34. The molecule has 5 heteroatoms. The fourth-order valence-corrected chi connectivity index (χ4v) is 1.93. The molecule has 3 rings (SSSR count). The van der Waals surface area contributed by atoms with Gasteiger partial charge in [0.1, 0.15) is 5.82 Å². The second-order valence-electron chi connectivity index (χ2n) is 3.75. The summed E-state index contributed by atoms with van der Waals surface area (Å²) < 4.78 is 0. The van der Waals surface area contributed by atoms with Gasteiger partial charge in [0.05, 0.1) is 11.2 Å². The highest BCUT2D eigenvalue weighted by molar-refractivity contribution is 5.95. The Labute approximate surface area is 91.7 Å². The summed E-state index contributed by atoms with van der Waals surface area (Å²) in [6, 6.07) is 7.79. The van der Waals surface area contributed by atoms with Gasteiger partial charge in [-0.1, -0.05) is 12.1 Å². The first-order valence-electron chi connectivity index (χ1n) is 5.00. The van der Waals surface area contributed by atoms with E-state index in [1.807, 2.05) is 31.2 Å². The molecule has 0 unspecified atom stereocenters. The molecule has 4 N–H and O–H groups in total. The summed E-state index contributed by atoms with van der Waals surface area (Å²) >= 11 is 0. The Morgan fingerprint density at radius 2 is 2.06 bits per heavy atom. The molecule has 0 bridgehead atoms. The third kappa shape index (κ3) is 1.18. The lowest BCUT2D eigenvalue weighted by Gasteiger charge is -1.99. The van der Waals surface area contributed by atoms with Crippen LogP contribution in [-0.4, -0.2) is 20.4 Å². The van der Waals surface area contributed by atoms with Crippen LogP contribution in [0.15, 0.2) is 24.3 Å². The van der Waals surface area contributed by atoms with Gasteiger partial charge in [0.25, 0.3) is 0 Å². The number of H-pyrrole nitrogens is 2. The van der Waals surface area contributed by atoms with Gasteiger partial charge >= 0.3 is 0 Å². The quantitative estimate of drug-likeness (QED) is 0.576. The zero-order valence-electron chi connectivity index (χ0n) is 8.78. The molecule has 0 aliphatic heterocycles. The minimum atomic E-state index is 0.494. The summed E-state index contributed by atoms with van der Waals surface area (Å²) in [5, 5.41) is 15.2. The van der Waals surface area contributed by atoms with Crippen LogP contribution in [0.1, 0.15) is 5.69 Å². The molecule has 2 heterocycles. The first kappa shape index (κ1) is 8.96. The number of nitrogen functional groups attached to an aromatic ring is 1. The number of hydrogen-bond donors (Lipinski definition) is 3. The number of aromatic nitrogens is 4. The fraction of sp³-hybridized carbons (Fsp3) is 0.0909. The smallest absolute Gasteiger partial charge is 0.145 e. The van der Waals surface area contributed by atoms with Crippen molar-refractivity contribution in [2.45, 2.75) is 6.92 Å². The Hall–Kier alpha value is -2.30. The Kier molecular flexibility index (Phi) is 1.73. The number of nitrogens with zero attached hydrogens (tertiary/aromatic N) is 2. The van der Waals surface area contributed by atoms with E-state index < -0.39 is 0 Å². The van der Waals surface area contributed by atoms with E-state index in [9.17, 15) is 0 Å². The van der Waals surface area contributed by atoms with Crippen LogP contribution >= 0.6 is 0 Å². The zero-order valence-corrected chi connectivity index (χ0v) is 8.78. The third-order valence-electron chi connectivity index (χ3n) is 2.65. The number of nitrogens with one attached hydrogen (secondary N) is 2. The third-order valence-corrected chi connectivity index (χ3v) is 2.65. The highest BCUT2D eigenvalue weighted by Crippen LogP contribution is 2.28. The summed E-state index contributed by atoms with van der Waals surface area (Å²) in [6.45, 7) is 2.00. The molecular formula is C11H11N5. The van der Waals surface area contributed by atoms with Gasteiger partial charge in [-0.2, -0.15) is 10.2 Å². The number of rotatable bonds is 1. The Morgan fingerprint density at radius 1 is 1.19 bits per heavy atom. The largest absolute Gasteiger partial charge is 0.382 e. The van der Waals surface area contributed by atoms with E-state index in [0.717, 1.165) is 27.9 Å².